The van der Waals surface area contributed by atoms with Gasteiger partial charge in [-0.1, -0.05) is 79.3 Å². The molecule has 1 fully saturated rings. The first kappa shape index (κ1) is 33.1. The van der Waals surface area contributed by atoms with Crippen molar-refractivity contribution < 1.29 is 28.9 Å². The van der Waals surface area contributed by atoms with Gasteiger partial charge < -0.3 is 34.5 Å². The van der Waals surface area contributed by atoms with Crippen molar-refractivity contribution in [2.24, 2.45) is 13.0 Å². The van der Waals surface area contributed by atoms with Gasteiger partial charge in [-0.3, -0.25) is 4.79 Å². The summed E-state index contributed by atoms with van der Waals surface area (Å²) < 4.78 is 20.0. The van der Waals surface area contributed by atoms with Crippen molar-refractivity contribution >= 4 is 23.8 Å². The Morgan fingerprint density at radius 3 is 2.46 bits per heavy atom. The lowest BCUT2D eigenvalue weighted by molar-refractivity contribution is -0.268. The van der Waals surface area contributed by atoms with E-state index in [1.54, 1.807) is 25.0 Å². The van der Waals surface area contributed by atoms with Crippen molar-refractivity contribution in [3.63, 3.8) is 0 Å². The molecule has 1 aliphatic rings. The van der Waals surface area contributed by atoms with Crippen LogP contribution in [-0.4, -0.2) is 56.9 Å². The standard InChI is InChI=1S/C34H39N5O6S/c1-4-43-30(41)18-36-33(42)35-17-24-7-5-8-26(15-24)27-9-6-10-28(16-27)32-44-29(20-46-34-38-37-21-39(34)3)22(2)31(45-32)25-13-11-23(19-40)12-14-25/h5-16,21-22,29,31-32,40H,4,17-20H2,1-3H3,(H2,35,36,42)/t22-,29+,31+,32+/m1/s1. The number of esters is 1. The van der Waals surface area contributed by atoms with E-state index in [4.69, 9.17) is 14.2 Å². The number of aryl methyl sites for hydroxylation is 1. The number of aliphatic hydroxyl groups is 1. The van der Waals surface area contributed by atoms with Crippen molar-refractivity contribution in [2.45, 2.75) is 50.7 Å². The number of rotatable bonds is 12. The van der Waals surface area contributed by atoms with Crippen molar-refractivity contribution in [1.29, 1.82) is 0 Å². The lowest BCUT2D eigenvalue weighted by Crippen LogP contribution is -2.38. The highest BCUT2D eigenvalue weighted by molar-refractivity contribution is 7.99. The molecule has 12 heteroatoms. The Morgan fingerprint density at radius 1 is 0.978 bits per heavy atom. The van der Waals surface area contributed by atoms with Gasteiger partial charge in [0.15, 0.2) is 11.4 Å². The van der Waals surface area contributed by atoms with Gasteiger partial charge in [0.05, 0.1) is 25.4 Å². The number of ether oxygens (including phenoxy) is 3. The lowest BCUT2D eigenvalue weighted by Gasteiger charge is -2.41. The fourth-order valence-electron chi connectivity index (χ4n) is 5.20. The molecule has 1 aliphatic heterocycles. The summed E-state index contributed by atoms with van der Waals surface area (Å²) in [6.07, 6.45) is 0.694. The van der Waals surface area contributed by atoms with Gasteiger partial charge in [0.25, 0.3) is 0 Å². The van der Waals surface area contributed by atoms with E-state index in [1.807, 2.05) is 78.3 Å². The zero-order valence-corrected chi connectivity index (χ0v) is 26.9. The molecule has 4 aromatic rings. The van der Waals surface area contributed by atoms with Crippen LogP contribution in [-0.2, 0) is 39.2 Å². The Labute approximate surface area is 272 Å². The highest BCUT2D eigenvalue weighted by atomic mass is 32.2. The smallest absolute Gasteiger partial charge is 0.325 e. The molecule has 1 saturated heterocycles. The molecule has 2 amide bonds. The number of nitrogens with one attached hydrogen (secondary N) is 2. The Bertz CT molecular complexity index is 1610. The number of aromatic nitrogens is 3. The van der Waals surface area contributed by atoms with Gasteiger partial charge in [0, 0.05) is 30.8 Å². The number of hydrogen-bond acceptors (Lipinski definition) is 9. The van der Waals surface area contributed by atoms with Crippen LogP contribution in [0.1, 0.15) is 48.5 Å². The second-order valence-corrected chi connectivity index (χ2v) is 12.0. The number of hydrogen-bond donors (Lipinski definition) is 3. The summed E-state index contributed by atoms with van der Waals surface area (Å²) in [5, 5.41) is 23.9. The molecule has 11 nitrogen and oxygen atoms in total. The van der Waals surface area contributed by atoms with E-state index in [-0.39, 0.29) is 44.4 Å². The quantitative estimate of drug-likeness (QED) is 0.145. The largest absolute Gasteiger partial charge is 0.465 e. The number of urea groups is 1. The molecule has 3 N–H and O–H groups in total. The van der Waals surface area contributed by atoms with E-state index in [0.29, 0.717) is 5.75 Å². The number of thioether (sulfide) groups is 1. The predicted octanol–water partition coefficient (Wildman–Crippen LogP) is 4.92. The summed E-state index contributed by atoms with van der Waals surface area (Å²) in [5.41, 5.74) is 5.61. The van der Waals surface area contributed by atoms with Crippen LogP contribution in [0.5, 0.6) is 0 Å². The first-order chi connectivity index (χ1) is 22.3. The monoisotopic (exact) mass is 645 g/mol. The Morgan fingerprint density at radius 2 is 1.74 bits per heavy atom. The van der Waals surface area contributed by atoms with Crippen molar-refractivity contribution in [3.05, 3.63) is 101 Å². The van der Waals surface area contributed by atoms with Gasteiger partial charge in [-0.25, -0.2) is 4.79 Å². The molecule has 0 spiro atoms. The number of aliphatic hydroxyl groups excluding tert-OH is 1. The Hall–Kier alpha value is -4.23. The third kappa shape index (κ3) is 8.52. The van der Waals surface area contributed by atoms with E-state index >= 15 is 0 Å². The van der Waals surface area contributed by atoms with E-state index in [0.717, 1.165) is 38.5 Å². The molecule has 3 aromatic carbocycles. The van der Waals surface area contributed by atoms with Crippen LogP contribution in [0, 0.1) is 5.92 Å². The number of carbonyl (C=O) groups is 2. The summed E-state index contributed by atoms with van der Waals surface area (Å²) in [4.78, 5) is 23.7. The van der Waals surface area contributed by atoms with Crippen LogP contribution in [0.2, 0.25) is 0 Å². The summed E-state index contributed by atoms with van der Waals surface area (Å²) in [6, 6.07) is 23.4. The topological polar surface area (TPSA) is 137 Å². The minimum Gasteiger partial charge on any atom is -0.465 e. The minimum atomic E-state index is -0.614. The third-order valence-corrected chi connectivity index (χ3v) is 8.86. The normalized spacial score (nSPS) is 19.4. The molecule has 0 unspecified atom stereocenters. The van der Waals surface area contributed by atoms with Crippen molar-refractivity contribution in [3.8, 4) is 11.1 Å². The minimum absolute atomic E-state index is 0.0171. The molecule has 2 heterocycles. The van der Waals surface area contributed by atoms with Crippen molar-refractivity contribution in [1.82, 2.24) is 25.4 Å². The summed E-state index contributed by atoms with van der Waals surface area (Å²) >= 11 is 1.60. The van der Waals surface area contributed by atoms with Crippen LogP contribution in [0.3, 0.4) is 0 Å². The zero-order chi connectivity index (χ0) is 32.5. The average Bonchev–Trinajstić information content (AvgIpc) is 3.50. The summed E-state index contributed by atoms with van der Waals surface area (Å²) in [5.74, 6) is 0.223. The fourth-order valence-corrected chi connectivity index (χ4v) is 6.26. The molecule has 46 heavy (non-hydrogen) atoms. The van der Waals surface area contributed by atoms with E-state index in [2.05, 4.69) is 33.8 Å². The molecule has 0 radical (unpaired) electrons. The highest BCUT2D eigenvalue weighted by Crippen LogP contribution is 2.43. The van der Waals surface area contributed by atoms with E-state index in [9.17, 15) is 14.7 Å². The van der Waals surface area contributed by atoms with Crippen molar-refractivity contribution in [2.75, 3.05) is 18.9 Å². The number of amides is 2. The molecule has 5 rings (SSSR count). The van der Waals surface area contributed by atoms with Gasteiger partial charge in [0.1, 0.15) is 12.9 Å². The molecule has 4 atom stereocenters. The molecule has 0 aliphatic carbocycles. The van der Waals surface area contributed by atoms with Crippen LogP contribution in [0.15, 0.2) is 84.3 Å². The molecule has 0 bridgehead atoms. The maximum atomic E-state index is 12.2. The molecular formula is C34H39N5O6S. The van der Waals surface area contributed by atoms with Gasteiger partial charge in [-0.15, -0.1) is 10.2 Å². The highest BCUT2D eigenvalue weighted by Gasteiger charge is 2.38. The molecule has 242 valence electrons. The van der Waals surface area contributed by atoms with Gasteiger partial charge in [-0.05, 0) is 46.9 Å². The lowest BCUT2D eigenvalue weighted by atomic mass is 9.91. The number of nitrogens with zero attached hydrogens (tertiary/aromatic N) is 3. The summed E-state index contributed by atoms with van der Waals surface area (Å²) in [7, 11) is 1.92. The second-order valence-electron chi connectivity index (χ2n) is 11.0. The first-order valence-electron chi connectivity index (χ1n) is 15.2. The van der Waals surface area contributed by atoms with Gasteiger partial charge in [0.2, 0.25) is 0 Å². The van der Waals surface area contributed by atoms with Gasteiger partial charge >= 0.3 is 12.0 Å². The van der Waals surface area contributed by atoms with E-state index < -0.39 is 18.3 Å². The van der Waals surface area contributed by atoms with Crippen LogP contribution < -0.4 is 10.6 Å². The average molecular weight is 646 g/mol. The summed E-state index contributed by atoms with van der Waals surface area (Å²) in [6.45, 7) is 4.19. The maximum absolute atomic E-state index is 12.2. The fraction of sp³-hybridized carbons (Fsp3) is 0.353. The van der Waals surface area contributed by atoms with Crippen LogP contribution in [0.25, 0.3) is 11.1 Å². The third-order valence-electron chi connectivity index (χ3n) is 7.74. The predicted molar refractivity (Wildman–Crippen MR) is 173 cm³/mol. The van der Waals surface area contributed by atoms with Gasteiger partial charge in [-0.2, -0.15) is 0 Å². The second kappa shape index (κ2) is 15.9. The Kier molecular flexibility index (Phi) is 11.4. The van der Waals surface area contributed by atoms with Crippen LogP contribution in [0.4, 0.5) is 4.79 Å². The number of carbonyl (C=O) groups excluding carboxylic acids is 2. The van der Waals surface area contributed by atoms with E-state index in [1.165, 1.54) is 0 Å². The van der Waals surface area contributed by atoms with Crippen LogP contribution >= 0.6 is 11.8 Å². The molecule has 1 aromatic heterocycles. The SMILES string of the molecule is CCOC(=O)CNC(=O)NCc1cccc(-c2cccc([C@H]3O[C@@H](CSc4nncn4C)[C@@H](C)[C@@H](c4ccc(CO)cc4)O3)c2)c1. The zero-order valence-electron chi connectivity index (χ0n) is 26.1. The number of benzene rings is 3. The maximum Gasteiger partial charge on any atom is 0.325 e. The molecular weight excluding hydrogens is 606 g/mol. The Balaban J connectivity index is 1.32. The first-order valence-corrected chi connectivity index (χ1v) is 16.2. The molecule has 0 saturated carbocycles.